The molecule has 1 fully saturated rings. The molecule has 108 valence electrons. The van der Waals surface area contributed by atoms with Crippen LogP contribution in [0.25, 0.3) is 0 Å². The molecule has 0 saturated carbocycles. The summed E-state index contributed by atoms with van der Waals surface area (Å²) in [5, 5.41) is 10.7. The quantitative estimate of drug-likeness (QED) is 0.894. The molecule has 1 aromatic rings. The molecule has 2 heterocycles. The summed E-state index contributed by atoms with van der Waals surface area (Å²) in [7, 11) is 0.544. The highest BCUT2D eigenvalue weighted by Gasteiger charge is 2.38. The van der Waals surface area contributed by atoms with Gasteiger partial charge in [0.1, 0.15) is 4.21 Å². The maximum atomic E-state index is 12.5. The SMILES string of the molecule is CC1CN(S(=O)(=O)c2cc(CO)cs2)CC1N(C)C. The number of hydrogen-bond acceptors (Lipinski definition) is 5. The third kappa shape index (κ3) is 2.85. The van der Waals surface area contributed by atoms with Crippen LogP contribution in [-0.2, 0) is 16.6 Å². The highest BCUT2D eigenvalue weighted by molar-refractivity contribution is 7.91. The summed E-state index contributed by atoms with van der Waals surface area (Å²) in [6, 6.07) is 1.82. The molecule has 1 aliphatic rings. The normalized spacial score (nSPS) is 25.3. The van der Waals surface area contributed by atoms with Gasteiger partial charge in [0.25, 0.3) is 10.0 Å². The number of aliphatic hydroxyl groups excluding tert-OH is 1. The molecule has 7 heteroatoms. The average Bonchev–Trinajstić information content (AvgIpc) is 2.95. The van der Waals surface area contributed by atoms with Gasteiger partial charge in [0.15, 0.2) is 0 Å². The van der Waals surface area contributed by atoms with E-state index in [1.807, 2.05) is 14.1 Å². The lowest BCUT2D eigenvalue weighted by Gasteiger charge is -2.22. The number of aliphatic hydroxyl groups is 1. The maximum absolute atomic E-state index is 12.5. The molecule has 5 nitrogen and oxygen atoms in total. The fourth-order valence-corrected chi connectivity index (χ4v) is 5.38. The first-order chi connectivity index (χ1) is 8.86. The predicted octanol–water partition coefficient (Wildman–Crippen LogP) is 0.811. The van der Waals surface area contributed by atoms with E-state index in [1.54, 1.807) is 15.8 Å². The summed E-state index contributed by atoms with van der Waals surface area (Å²) >= 11 is 1.18. The van der Waals surface area contributed by atoms with Crippen LogP contribution in [-0.4, -0.2) is 56.0 Å². The molecule has 0 aliphatic carbocycles. The zero-order valence-corrected chi connectivity index (χ0v) is 13.0. The molecule has 2 unspecified atom stereocenters. The van der Waals surface area contributed by atoms with E-state index in [4.69, 9.17) is 5.11 Å². The zero-order valence-electron chi connectivity index (χ0n) is 11.4. The summed E-state index contributed by atoms with van der Waals surface area (Å²) in [4.78, 5) is 2.08. The van der Waals surface area contributed by atoms with Crippen molar-refractivity contribution in [2.24, 2.45) is 5.92 Å². The molecule has 0 bridgehead atoms. The lowest BCUT2D eigenvalue weighted by Crippen LogP contribution is -2.35. The number of rotatable bonds is 4. The van der Waals surface area contributed by atoms with E-state index in [0.717, 1.165) is 0 Å². The standard InChI is InChI=1S/C12H20N2O3S2/c1-9-5-14(6-11(9)13(2)3)19(16,17)12-4-10(7-15)8-18-12/h4,8-9,11,15H,5-7H2,1-3H3. The molecule has 1 N–H and O–H groups in total. The first-order valence-corrected chi connectivity index (χ1v) is 8.53. The fourth-order valence-electron chi connectivity index (χ4n) is 2.47. The van der Waals surface area contributed by atoms with Crippen molar-refractivity contribution in [1.82, 2.24) is 9.21 Å². The van der Waals surface area contributed by atoms with E-state index in [-0.39, 0.29) is 12.6 Å². The molecule has 2 rings (SSSR count). The van der Waals surface area contributed by atoms with Crippen molar-refractivity contribution < 1.29 is 13.5 Å². The molecule has 0 aromatic carbocycles. The van der Waals surface area contributed by atoms with Crippen LogP contribution in [0.5, 0.6) is 0 Å². The van der Waals surface area contributed by atoms with Crippen LogP contribution in [0.2, 0.25) is 0 Å². The Labute approximate surface area is 118 Å². The molecule has 1 saturated heterocycles. The van der Waals surface area contributed by atoms with Crippen LogP contribution < -0.4 is 0 Å². The Hall–Kier alpha value is -0.470. The van der Waals surface area contributed by atoms with Crippen molar-refractivity contribution in [3.05, 3.63) is 17.0 Å². The molecule has 0 spiro atoms. The van der Waals surface area contributed by atoms with E-state index < -0.39 is 10.0 Å². The molecular weight excluding hydrogens is 284 g/mol. The molecular formula is C12H20N2O3S2. The number of sulfonamides is 1. The van der Waals surface area contributed by atoms with E-state index >= 15 is 0 Å². The van der Waals surface area contributed by atoms with Crippen molar-refractivity contribution in [3.8, 4) is 0 Å². The van der Waals surface area contributed by atoms with Gasteiger partial charge in [-0.05, 0) is 37.0 Å². The first kappa shape index (κ1) is 14.9. The molecule has 19 heavy (non-hydrogen) atoms. The van der Waals surface area contributed by atoms with Gasteiger partial charge in [0, 0.05) is 19.1 Å². The number of nitrogens with zero attached hydrogens (tertiary/aromatic N) is 2. The van der Waals surface area contributed by atoms with Crippen molar-refractivity contribution in [3.63, 3.8) is 0 Å². The van der Waals surface area contributed by atoms with Gasteiger partial charge in [-0.3, -0.25) is 0 Å². The summed E-state index contributed by atoms with van der Waals surface area (Å²) in [5.41, 5.74) is 0.653. The summed E-state index contributed by atoms with van der Waals surface area (Å²) < 4.78 is 26.9. The zero-order chi connectivity index (χ0) is 14.2. The topological polar surface area (TPSA) is 60.9 Å². The van der Waals surface area contributed by atoms with Crippen molar-refractivity contribution in [2.45, 2.75) is 23.8 Å². The largest absolute Gasteiger partial charge is 0.392 e. The summed E-state index contributed by atoms with van der Waals surface area (Å²) in [5.74, 6) is 0.321. The molecule has 0 amide bonds. The van der Waals surface area contributed by atoms with Gasteiger partial charge in [-0.1, -0.05) is 6.92 Å². The Kier molecular flexibility index (Phi) is 4.32. The highest BCUT2D eigenvalue weighted by atomic mass is 32.2. The molecule has 1 aromatic heterocycles. The Bertz CT molecular complexity index is 539. The Morgan fingerprint density at radius 1 is 1.47 bits per heavy atom. The summed E-state index contributed by atoms with van der Waals surface area (Å²) in [6.45, 7) is 3.04. The third-order valence-corrected chi connectivity index (χ3v) is 6.90. The third-order valence-electron chi connectivity index (χ3n) is 3.61. The van der Waals surface area contributed by atoms with Gasteiger partial charge >= 0.3 is 0 Å². The van der Waals surface area contributed by atoms with Gasteiger partial charge in [0.2, 0.25) is 0 Å². The Balaban J connectivity index is 2.22. The van der Waals surface area contributed by atoms with Crippen LogP contribution in [0.3, 0.4) is 0 Å². The van der Waals surface area contributed by atoms with E-state index in [2.05, 4.69) is 11.8 Å². The van der Waals surface area contributed by atoms with Crippen LogP contribution in [0.4, 0.5) is 0 Å². The second-order valence-corrected chi connectivity index (χ2v) is 8.34. The van der Waals surface area contributed by atoms with Crippen LogP contribution in [0.1, 0.15) is 12.5 Å². The van der Waals surface area contributed by atoms with E-state index in [1.165, 1.54) is 11.3 Å². The van der Waals surface area contributed by atoms with Gasteiger partial charge < -0.3 is 10.0 Å². The van der Waals surface area contributed by atoms with Gasteiger partial charge in [-0.25, -0.2) is 8.42 Å². The fraction of sp³-hybridized carbons (Fsp3) is 0.667. The van der Waals surface area contributed by atoms with E-state index in [9.17, 15) is 8.42 Å². The number of likely N-dealkylation sites (N-methyl/N-ethyl adjacent to an activating group) is 1. The first-order valence-electron chi connectivity index (χ1n) is 6.21. The Morgan fingerprint density at radius 3 is 2.63 bits per heavy atom. The monoisotopic (exact) mass is 304 g/mol. The minimum Gasteiger partial charge on any atom is -0.392 e. The lowest BCUT2D eigenvalue weighted by atomic mass is 10.1. The minimum absolute atomic E-state index is 0.122. The van der Waals surface area contributed by atoms with Crippen molar-refractivity contribution in [2.75, 3.05) is 27.2 Å². The van der Waals surface area contributed by atoms with Crippen LogP contribution in [0.15, 0.2) is 15.7 Å². The maximum Gasteiger partial charge on any atom is 0.252 e. The molecule has 1 aliphatic heterocycles. The second-order valence-electron chi connectivity index (χ2n) is 5.26. The van der Waals surface area contributed by atoms with E-state index in [0.29, 0.717) is 28.8 Å². The molecule has 2 atom stereocenters. The van der Waals surface area contributed by atoms with Gasteiger partial charge in [-0.2, -0.15) is 4.31 Å². The number of hydrogen-bond donors (Lipinski definition) is 1. The number of thiophene rings is 1. The van der Waals surface area contributed by atoms with Crippen molar-refractivity contribution in [1.29, 1.82) is 0 Å². The van der Waals surface area contributed by atoms with Crippen molar-refractivity contribution >= 4 is 21.4 Å². The average molecular weight is 304 g/mol. The second kappa shape index (κ2) is 5.49. The smallest absolute Gasteiger partial charge is 0.252 e. The van der Waals surface area contributed by atoms with Gasteiger partial charge in [0.05, 0.1) is 6.61 Å². The molecule has 0 radical (unpaired) electrons. The van der Waals surface area contributed by atoms with Crippen LogP contribution in [0, 0.1) is 5.92 Å². The highest BCUT2D eigenvalue weighted by Crippen LogP contribution is 2.29. The predicted molar refractivity (Wildman–Crippen MR) is 75.6 cm³/mol. The lowest BCUT2D eigenvalue weighted by molar-refractivity contribution is 0.263. The van der Waals surface area contributed by atoms with Crippen LogP contribution >= 0.6 is 11.3 Å². The Morgan fingerprint density at radius 2 is 2.16 bits per heavy atom. The minimum atomic E-state index is -3.41. The van der Waals surface area contributed by atoms with Gasteiger partial charge in [-0.15, -0.1) is 11.3 Å². The summed E-state index contributed by atoms with van der Waals surface area (Å²) in [6.07, 6.45) is 0.